The van der Waals surface area contributed by atoms with Crippen molar-refractivity contribution in [3.05, 3.63) is 42.1 Å². The van der Waals surface area contributed by atoms with Gasteiger partial charge in [0.15, 0.2) is 0 Å². The predicted octanol–water partition coefficient (Wildman–Crippen LogP) is 3.26. The molecule has 0 N–H and O–H groups in total. The average Bonchev–Trinajstić information content (AvgIpc) is 2.46. The number of hydrogen-bond donors (Lipinski definition) is 0. The van der Waals surface area contributed by atoms with Gasteiger partial charge in [0.2, 0.25) is 0 Å². The lowest BCUT2D eigenvalue weighted by Crippen LogP contribution is -2.21. The van der Waals surface area contributed by atoms with Gasteiger partial charge in [-0.3, -0.25) is 9.78 Å². The van der Waals surface area contributed by atoms with Crippen LogP contribution in [0.1, 0.15) is 31.4 Å². The van der Waals surface area contributed by atoms with Crippen LogP contribution in [0.5, 0.6) is 0 Å². The zero-order valence-corrected chi connectivity index (χ0v) is 10.8. The van der Waals surface area contributed by atoms with E-state index in [1.54, 1.807) is 0 Å². The van der Waals surface area contributed by atoms with Gasteiger partial charge in [0.25, 0.3) is 0 Å². The highest BCUT2D eigenvalue weighted by Gasteiger charge is 2.19. The van der Waals surface area contributed by atoms with Gasteiger partial charge in [-0.2, -0.15) is 0 Å². The fraction of sp³-hybridized carbons (Fsp3) is 0.375. The normalized spacial score (nSPS) is 16.9. The summed E-state index contributed by atoms with van der Waals surface area (Å²) in [5, 5.41) is 1.15. The van der Waals surface area contributed by atoms with Crippen molar-refractivity contribution in [2.45, 2.75) is 38.4 Å². The van der Waals surface area contributed by atoms with Gasteiger partial charge in [-0.25, -0.2) is 0 Å². The van der Waals surface area contributed by atoms with E-state index in [0.717, 1.165) is 29.4 Å². The van der Waals surface area contributed by atoms with E-state index >= 15 is 0 Å². The smallest absolute Gasteiger partial charge is 0.133 e. The largest absolute Gasteiger partial charge is 0.372 e. The molecular formula is C16H17NO2. The number of carbonyl (C=O) groups excluding carboxylic acids is 1. The first kappa shape index (κ1) is 12.3. The highest BCUT2D eigenvalue weighted by molar-refractivity contribution is 5.79. The molecule has 3 nitrogen and oxygen atoms in total. The van der Waals surface area contributed by atoms with Crippen LogP contribution in [0, 0.1) is 0 Å². The number of ether oxygens (including phenoxy) is 1. The molecule has 1 aliphatic carbocycles. The number of ketones is 1. The monoisotopic (exact) mass is 255 g/mol. The van der Waals surface area contributed by atoms with E-state index < -0.39 is 0 Å². The minimum absolute atomic E-state index is 0.214. The molecule has 1 aliphatic rings. The van der Waals surface area contributed by atoms with E-state index in [-0.39, 0.29) is 6.10 Å². The predicted molar refractivity (Wildman–Crippen MR) is 73.8 cm³/mol. The number of nitrogens with zero attached hydrogens (tertiary/aromatic N) is 1. The van der Waals surface area contributed by atoms with E-state index in [1.807, 2.05) is 24.3 Å². The molecule has 0 bridgehead atoms. The Morgan fingerprint density at radius 1 is 1.11 bits per heavy atom. The first-order chi connectivity index (χ1) is 9.31. The van der Waals surface area contributed by atoms with E-state index in [1.165, 1.54) is 0 Å². The molecule has 1 heterocycles. The minimum Gasteiger partial charge on any atom is -0.372 e. The Labute approximate surface area is 112 Å². The van der Waals surface area contributed by atoms with Gasteiger partial charge in [0.1, 0.15) is 5.78 Å². The second-order valence-electron chi connectivity index (χ2n) is 5.04. The Hall–Kier alpha value is -1.74. The highest BCUT2D eigenvalue weighted by atomic mass is 16.5. The molecule has 0 amide bonds. The fourth-order valence-corrected chi connectivity index (χ4v) is 2.47. The van der Waals surface area contributed by atoms with Crippen LogP contribution in [0.3, 0.4) is 0 Å². The quantitative estimate of drug-likeness (QED) is 0.845. The molecule has 2 aromatic rings. The molecule has 0 saturated heterocycles. The van der Waals surface area contributed by atoms with Gasteiger partial charge >= 0.3 is 0 Å². The lowest BCUT2D eigenvalue weighted by atomic mass is 9.96. The third kappa shape index (κ3) is 2.99. The van der Waals surface area contributed by atoms with Gasteiger partial charge in [-0.1, -0.05) is 24.3 Å². The number of benzene rings is 1. The molecule has 3 rings (SSSR count). The molecule has 0 unspecified atom stereocenters. The molecule has 98 valence electrons. The van der Waals surface area contributed by atoms with Crippen LogP contribution in [-0.2, 0) is 16.1 Å². The Morgan fingerprint density at radius 2 is 1.89 bits per heavy atom. The third-order valence-corrected chi connectivity index (χ3v) is 3.61. The van der Waals surface area contributed by atoms with Crippen LogP contribution in [0.4, 0.5) is 0 Å². The van der Waals surface area contributed by atoms with Crippen molar-refractivity contribution < 1.29 is 9.53 Å². The second kappa shape index (κ2) is 5.49. The number of pyridine rings is 1. The zero-order chi connectivity index (χ0) is 13.1. The Kier molecular flexibility index (Phi) is 3.56. The summed E-state index contributed by atoms with van der Waals surface area (Å²) >= 11 is 0. The van der Waals surface area contributed by atoms with Gasteiger partial charge in [-0.15, -0.1) is 0 Å². The summed E-state index contributed by atoms with van der Waals surface area (Å²) in [5.41, 5.74) is 1.96. The number of Topliss-reactive ketones (excluding diaryl/α,β-unsaturated/α-hetero) is 1. The first-order valence-corrected chi connectivity index (χ1v) is 6.79. The van der Waals surface area contributed by atoms with Gasteiger partial charge in [0.05, 0.1) is 23.9 Å². The molecule has 1 fully saturated rings. The fourth-order valence-electron chi connectivity index (χ4n) is 2.47. The number of aromatic nitrogens is 1. The average molecular weight is 255 g/mol. The van der Waals surface area contributed by atoms with Crippen LogP contribution in [0.25, 0.3) is 10.9 Å². The third-order valence-electron chi connectivity index (χ3n) is 3.61. The Morgan fingerprint density at radius 3 is 2.74 bits per heavy atom. The summed E-state index contributed by atoms with van der Waals surface area (Å²) in [6.45, 7) is 0.531. The second-order valence-corrected chi connectivity index (χ2v) is 5.04. The van der Waals surface area contributed by atoms with Crippen LogP contribution in [-0.4, -0.2) is 16.9 Å². The number of rotatable bonds is 3. The maximum atomic E-state index is 11.2. The summed E-state index contributed by atoms with van der Waals surface area (Å²) in [5.74, 6) is 0.365. The van der Waals surface area contributed by atoms with Gasteiger partial charge in [-0.05, 0) is 25.0 Å². The van der Waals surface area contributed by atoms with Crippen molar-refractivity contribution in [3.63, 3.8) is 0 Å². The van der Waals surface area contributed by atoms with Crippen molar-refractivity contribution >= 4 is 16.7 Å². The van der Waals surface area contributed by atoms with E-state index in [2.05, 4.69) is 17.1 Å². The minimum atomic E-state index is 0.214. The number of para-hydroxylation sites is 1. The van der Waals surface area contributed by atoms with Gasteiger partial charge in [0, 0.05) is 18.2 Å². The van der Waals surface area contributed by atoms with Crippen LogP contribution in [0.15, 0.2) is 36.4 Å². The number of fused-ring (bicyclic) bond motifs is 1. The molecule has 0 aliphatic heterocycles. The summed E-state index contributed by atoms with van der Waals surface area (Å²) in [4.78, 5) is 15.7. The number of hydrogen-bond acceptors (Lipinski definition) is 3. The SMILES string of the molecule is O=C1CCC(OCc2ccc3ccccc3n2)CC1. The summed E-state index contributed by atoms with van der Waals surface area (Å²) < 4.78 is 5.85. The van der Waals surface area contributed by atoms with Crippen molar-refractivity contribution in [3.8, 4) is 0 Å². The highest BCUT2D eigenvalue weighted by Crippen LogP contribution is 2.19. The summed E-state index contributed by atoms with van der Waals surface area (Å²) in [6, 6.07) is 12.2. The maximum absolute atomic E-state index is 11.2. The van der Waals surface area contributed by atoms with E-state index in [4.69, 9.17) is 4.74 Å². The summed E-state index contributed by atoms with van der Waals surface area (Å²) in [6.07, 6.45) is 3.25. The molecule has 19 heavy (non-hydrogen) atoms. The van der Waals surface area contributed by atoms with Crippen molar-refractivity contribution in [1.82, 2.24) is 4.98 Å². The van der Waals surface area contributed by atoms with E-state index in [0.29, 0.717) is 25.2 Å². The Balaban J connectivity index is 1.63. The molecular weight excluding hydrogens is 238 g/mol. The number of carbonyl (C=O) groups is 1. The summed E-state index contributed by atoms with van der Waals surface area (Å²) in [7, 11) is 0. The van der Waals surface area contributed by atoms with E-state index in [9.17, 15) is 4.79 Å². The Bertz CT molecular complexity index is 584. The van der Waals surface area contributed by atoms with Crippen LogP contribution >= 0.6 is 0 Å². The molecule has 1 saturated carbocycles. The molecule has 0 radical (unpaired) electrons. The first-order valence-electron chi connectivity index (χ1n) is 6.79. The topological polar surface area (TPSA) is 39.2 Å². The zero-order valence-electron chi connectivity index (χ0n) is 10.8. The van der Waals surface area contributed by atoms with Crippen molar-refractivity contribution in [1.29, 1.82) is 0 Å². The molecule has 0 atom stereocenters. The van der Waals surface area contributed by atoms with Crippen LogP contribution < -0.4 is 0 Å². The standard InChI is InChI=1S/C16H17NO2/c18-14-7-9-15(10-8-14)19-11-13-6-5-12-3-1-2-4-16(12)17-13/h1-6,15H,7-11H2. The van der Waals surface area contributed by atoms with Crippen LogP contribution in [0.2, 0.25) is 0 Å². The lowest BCUT2D eigenvalue weighted by molar-refractivity contribution is -0.123. The van der Waals surface area contributed by atoms with Crippen molar-refractivity contribution in [2.24, 2.45) is 0 Å². The molecule has 1 aromatic heterocycles. The van der Waals surface area contributed by atoms with Gasteiger partial charge < -0.3 is 4.74 Å². The molecule has 1 aromatic carbocycles. The maximum Gasteiger partial charge on any atom is 0.133 e. The molecule has 3 heteroatoms. The molecule has 0 spiro atoms. The van der Waals surface area contributed by atoms with Crippen molar-refractivity contribution in [2.75, 3.05) is 0 Å². The lowest BCUT2D eigenvalue weighted by Gasteiger charge is -2.21.